The molecule has 0 fully saturated rings. The first-order valence-electron chi connectivity index (χ1n) is 7.45. The second kappa shape index (κ2) is 7.19. The Morgan fingerprint density at radius 1 is 1.00 bits per heavy atom. The molecule has 122 valence electrons. The molecule has 2 aromatic carbocycles. The number of hydrogen-bond acceptors (Lipinski definition) is 5. The highest BCUT2D eigenvalue weighted by Gasteiger charge is 2.06. The van der Waals surface area contributed by atoms with Crippen molar-refractivity contribution >= 4 is 17.4 Å². The number of hydrogen-bond donors (Lipinski definition) is 3. The molecule has 3 rings (SSSR count). The van der Waals surface area contributed by atoms with Gasteiger partial charge in [0.1, 0.15) is 17.3 Å². The summed E-state index contributed by atoms with van der Waals surface area (Å²) in [6.07, 6.45) is 3.94. The largest absolute Gasteiger partial charge is 0.508 e. The van der Waals surface area contributed by atoms with E-state index in [1.54, 1.807) is 36.7 Å². The van der Waals surface area contributed by atoms with Crippen molar-refractivity contribution in [1.29, 1.82) is 0 Å². The molecular weight excluding hydrogens is 326 g/mol. The molecule has 0 amide bonds. The van der Waals surface area contributed by atoms with Crippen LogP contribution in [0.4, 0.5) is 5.82 Å². The minimum absolute atomic E-state index is 0.0327. The van der Waals surface area contributed by atoms with Crippen molar-refractivity contribution in [2.75, 3.05) is 11.9 Å². The third kappa shape index (κ3) is 3.75. The van der Waals surface area contributed by atoms with Gasteiger partial charge in [-0.05, 0) is 36.2 Å². The lowest BCUT2D eigenvalue weighted by molar-refractivity contribution is 0.468. The first-order chi connectivity index (χ1) is 11.6. The normalized spacial score (nSPS) is 10.5. The van der Waals surface area contributed by atoms with Crippen molar-refractivity contribution in [3.05, 3.63) is 65.4 Å². The summed E-state index contributed by atoms with van der Waals surface area (Å²) in [4.78, 5) is 8.67. The maximum Gasteiger partial charge on any atom is 0.145 e. The molecule has 0 aliphatic heterocycles. The monoisotopic (exact) mass is 341 g/mol. The molecule has 0 saturated heterocycles. The van der Waals surface area contributed by atoms with Crippen LogP contribution in [-0.4, -0.2) is 26.7 Å². The number of benzene rings is 2. The summed E-state index contributed by atoms with van der Waals surface area (Å²) in [5.74, 6) is 0.954. The van der Waals surface area contributed by atoms with Crippen LogP contribution in [0.25, 0.3) is 11.3 Å². The van der Waals surface area contributed by atoms with Gasteiger partial charge in [-0.1, -0.05) is 29.8 Å². The molecule has 0 saturated carbocycles. The van der Waals surface area contributed by atoms with E-state index in [1.807, 2.05) is 12.1 Å². The van der Waals surface area contributed by atoms with Crippen LogP contribution in [0.15, 0.2) is 54.9 Å². The number of aromatic hydroxyl groups is 2. The number of anilines is 1. The molecule has 0 aliphatic carbocycles. The highest BCUT2D eigenvalue weighted by atomic mass is 35.5. The van der Waals surface area contributed by atoms with E-state index in [0.717, 1.165) is 11.1 Å². The van der Waals surface area contributed by atoms with Crippen molar-refractivity contribution in [3.8, 4) is 22.8 Å². The Labute approximate surface area is 144 Å². The molecule has 1 aromatic heterocycles. The van der Waals surface area contributed by atoms with E-state index < -0.39 is 0 Å². The summed E-state index contributed by atoms with van der Waals surface area (Å²) in [5, 5.41) is 22.7. The topological polar surface area (TPSA) is 78.3 Å². The van der Waals surface area contributed by atoms with Gasteiger partial charge in [-0.15, -0.1) is 0 Å². The lowest BCUT2D eigenvalue weighted by atomic mass is 10.1. The number of halogens is 1. The van der Waals surface area contributed by atoms with E-state index in [2.05, 4.69) is 15.3 Å². The fraction of sp³-hybridized carbons (Fsp3) is 0.111. The Morgan fingerprint density at radius 3 is 2.62 bits per heavy atom. The van der Waals surface area contributed by atoms with E-state index >= 15 is 0 Å². The molecule has 0 radical (unpaired) electrons. The molecule has 1 heterocycles. The van der Waals surface area contributed by atoms with Crippen LogP contribution in [0.1, 0.15) is 5.56 Å². The maximum absolute atomic E-state index is 9.76. The second-order valence-corrected chi connectivity index (χ2v) is 5.67. The summed E-state index contributed by atoms with van der Waals surface area (Å²) in [6, 6.07) is 12.2. The average molecular weight is 342 g/mol. The van der Waals surface area contributed by atoms with Gasteiger partial charge in [0.2, 0.25) is 0 Å². The Hall–Kier alpha value is -2.79. The molecule has 0 aliphatic rings. The molecule has 5 nitrogen and oxygen atoms in total. The van der Waals surface area contributed by atoms with Crippen LogP contribution in [0.2, 0.25) is 5.02 Å². The number of nitrogens with zero attached hydrogens (tertiary/aromatic N) is 2. The van der Waals surface area contributed by atoms with Gasteiger partial charge in [-0.3, -0.25) is 4.98 Å². The Morgan fingerprint density at radius 2 is 1.83 bits per heavy atom. The van der Waals surface area contributed by atoms with E-state index in [-0.39, 0.29) is 16.5 Å². The number of para-hydroxylation sites is 1. The van der Waals surface area contributed by atoms with Crippen molar-refractivity contribution in [2.45, 2.75) is 6.42 Å². The van der Waals surface area contributed by atoms with Gasteiger partial charge in [-0.25, -0.2) is 4.98 Å². The molecule has 3 aromatic rings. The van der Waals surface area contributed by atoms with E-state index in [4.69, 9.17) is 11.6 Å². The Bertz CT molecular complexity index is 855. The first kappa shape index (κ1) is 16.1. The van der Waals surface area contributed by atoms with Crippen molar-refractivity contribution in [3.63, 3.8) is 0 Å². The lowest BCUT2D eigenvalue weighted by Gasteiger charge is -2.08. The van der Waals surface area contributed by atoms with Crippen molar-refractivity contribution < 1.29 is 10.2 Å². The molecule has 6 heteroatoms. The summed E-state index contributed by atoms with van der Waals surface area (Å²) in [5.41, 5.74) is 2.30. The lowest BCUT2D eigenvalue weighted by Crippen LogP contribution is -2.07. The van der Waals surface area contributed by atoms with Gasteiger partial charge < -0.3 is 15.5 Å². The quantitative estimate of drug-likeness (QED) is 0.656. The number of phenolic OH excluding ortho intramolecular Hbond substituents is 2. The molecular formula is C18H16ClN3O2. The van der Waals surface area contributed by atoms with E-state index in [9.17, 15) is 10.2 Å². The van der Waals surface area contributed by atoms with Gasteiger partial charge in [0.15, 0.2) is 0 Å². The number of nitrogens with one attached hydrogen (secondary N) is 1. The zero-order valence-electron chi connectivity index (χ0n) is 12.8. The van der Waals surface area contributed by atoms with Gasteiger partial charge in [0, 0.05) is 12.1 Å². The summed E-state index contributed by atoms with van der Waals surface area (Å²) >= 11 is 5.93. The standard InChI is InChI=1S/C18H16ClN3O2/c19-14-9-13(5-6-17(14)24)15-10-20-11-18(22-15)21-8-7-12-3-1-2-4-16(12)23/h1-6,9-11,23-24H,7-8H2,(H,21,22). The summed E-state index contributed by atoms with van der Waals surface area (Å²) < 4.78 is 0. The van der Waals surface area contributed by atoms with Gasteiger partial charge in [0.05, 0.1) is 23.1 Å². The maximum atomic E-state index is 9.76. The van der Waals surface area contributed by atoms with Crippen LogP contribution in [-0.2, 0) is 6.42 Å². The fourth-order valence-electron chi connectivity index (χ4n) is 2.30. The molecule has 24 heavy (non-hydrogen) atoms. The molecule has 3 N–H and O–H groups in total. The molecule has 0 bridgehead atoms. The summed E-state index contributed by atoms with van der Waals surface area (Å²) in [6.45, 7) is 0.617. The number of phenols is 2. The van der Waals surface area contributed by atoms with Gasteiger partial charge >= 0.3 is 0 Å². The van der Waals surface area contributed by atoms with Crippen LogP contribution in [0.5, 0.6) is 11.5 Å². The second-order valence-electron chi connectivity index (χ2n) is 5.26. The first-order valence-corrected chi connectivity index (χ1v) is 7.83. The van der Waals surface area contributed by atoms with Gasteiger partial charge in [-0.2, -0.15) is 0 Å². The number of aromatic nitrogens is 2. The van der Waals surface area contributed by atoms with Crippen LogP contribution < -0.4 is 5.32 Å². The Kier molecular flexibility index (Phi) is 4.82. The molecule has 0 unspecified atom stereocenters. The smallest absolute Gasteiger partial charge is 0.145 e. The zero-order chi connectivity index (χ0) is 16.9. The van der Waals surface area contributed by atoms with E-state index in [0.29, 0.717) is 24.5 Å². The van der Waals surface area contributed by atoms with Crippen molar-refractivity contribution in [1.82, 2.24) is 9.97 Å². The Balaban J connectivity index is 1.69. The predicted molar refractivity (Wildman–Crippen MR) is 94.4 cm³/mol. The van der Waals surface area contributed by atoms with E-state index in [1.165, 1.54) is 6.07 Å². The SMILES string of the molecule is Oc1ccc(-c2cncc(NCCc3ccccc3O)n2)cc1Cl. The minimum Gasteiger partial charge on any atom is -0.508 e. The predicted octanol–water partition coefficient (Wildman–Crippen LogP) is 3.86. The average Bonchev–Trinajstić information content (AvgIpc) is 2.59. The molecule has 0 atom stereocenters. The molecule has 0 spiro atoms. The third-order valence-corrected chi connectivity index (χ3v) is 3.87. The highest BCUT2D eigenvalue weighted by Crippen LogP contribution is 2.28. The van der Waals surface area contributed by atoms with Crippen LogP contribution >= 0.6 is 11.6 Å². The van der Waals surface area contributed by atoms with Crippen molar-refractivity contribution in [2.24, 2.45) is 0 Å². The summed E-state index contributed by atoms with van der Waals surface area (Å²) in [7, 11) is 0. The fourth-order valence-corrected chi connectivity index (χ4v) is 2.48. The van der Waals surface area contributed by atoms with Crippen LogP contribution in [0, 0.1) is 0 Å². The van der Waals surface area contributed by atoms with Gasteiger partial charge in [0.25, 0.3) is 0 Å². The third-order valence-electron chi connectivity index (χ3n) is 3.57. The highest BCUT2D eigenvalue weighted by molar-refractivity contribution is 6.32. The minimum atomic E-state index is 0.0327. The van der Waals surface area contributed by atoms with Crippen LogP contribution in [0.3, 0.4) is 0 Å². The number of rotatable bonds is 5. The zero-order valence-corrected chi connectivity index (χ0v) is 13.5.